The molecule has 0 radical (unpaired) electrons. The van der Waals surface area contributed by atoms with Gasteiger partial charge in [0.1, 0.15) is 0 Å². The number of ether oxygens (including phenoxy) is 1. The number of nitrogens with zero attached hydrogens (tertiary/aromatic N) is 1. The standard InChI is InChI=1S/C14H22BNO4/c1-13(2)14(3,4)20-15(19-13)11-6-8-16(10-11)9-7-12(17)18-5/h6,8,10H,7,9H2,1-5H3. The van der Waals surface area contributed by atoms with Gasteiger partial charge in [-0.3, -0.25) is 4.79 Å². The maximum atomic E-state index is 11.1. The highest BCUT2D eigenvalue weighted by Crippen LogP contribution is 2.36. The molecular weight excluding hydrogens is 257 g/mol. The summed E-state index contributed by atoms with van der Waals surface area (Å²) in [6.45, 7) is 8.71. The van der Waals surface area contributed by atoms with Crippen molar-refractivity contribution >= 4 is 18.6 Å². The van der Waals surface area contributed by atoms with Gasteiger partial charge in [0.05, 0.1) is 24.7 Å². The minimum Gasteiger partial charge on any atom is -0.469 e. The van der Waals surface area contributed by atoms with Gasteiger partial charge in [-0.25, -0.2) is 0 Å². The van der Waals surface area contributed by atoms with Crippen LogP contribution in [-0.4, -0.2) is 36.0 Å². The summed E-state index contributed by atoms with van der Waals surface area (Å²) in [5.41, 5.74) is 0.283. The van der Waals surface area contributed by atoms with Crippen molar-refractivity contribution in [3.63, 3.8) is 0 Å². The Labute approximate surface area is 120 Å². The van der Waals surface area contributed by atoms with Gasteiger partial charge < -0.3 is 18.6 Å². The van der Waals surface area contributed by atoms with Crippen LogP contribution in [0.2, 0.25) is 0 Å². The molecule has 0 aliphatic carbocycles. The Balaban J connectivity index is 2.02. The summed E-state index contributed by atoms with van der Waals surface area (Å²) >= 11 is 0. The molecule has 0 saturated carbocycles. The van der Waals surface area contributed by atoms with Crippen LogP contribution in [0.4, 0.5) is 0 Å². The minimum atomic E-state index is -0.362. The zero-order chi connectivity index (χ0) is 15.0. The Morgan fingerprint density at radius 3 is 2.45 bits per heavy atom. The maximum absolute atomic E-state index is 11.1. The fourth-order valence-electron chi connectivity index (χ4n) is 2.04. The zero-order valence-corrected chi connectivity index (χ0v) is 12.8. The molecule has 20 heavy (non-hydrogen) atoms. The summed E-state index contributed by atoms with van der Waals surface area (Å²) < 4.78 is 18.5. The Morgan fingerprint density at radius 2 is 1.90 bits per heavy atom. The molecule has 1 fully saturated rings. The van der Waals surface area contributed by atoms with Gasteiger partial charge in [-0.15, -0.1) is 0 Å². The highest BCUT2D eigenvalue weighted by Gasteiger charge is 2.51. The molecule has 2 heterocycles. The Hall–Kier alpha value is -1.27. The van der Waals surface area contributed by atoms with E-state index in [0.717, 1.165) is 5.46 Å². The normalized spacial score (nSPS) is 20.1. The van der Waals surface area contributed by atoms with Gasteiger partial charge >= 0.3 is 13.1 Å². The predicted octanol–water partition coefficient (Wildman–Crippen LogP) is 1.35. The first-order valence-corrected chi connectivity index (χ1v) is 6.83. The molecule has 0 atom stereocenters. The Bertz CT molecular complexity index is 479. The molecule has 1 aliphatic heterocycles. The van der Waals surface area contributed by atoms with Crippen LogP contribution >= 0.6 is 0 Å². The van der Waals surface area contributed by atoms with Gasteiger partial charge in [0.25, 0.3) is 0 Å². The van der Waals surface area contributed by atoms with Crippen LogP contribution in [0, 0.1) is 0 Å². The first kappa shape index (κ1) is 15.1. The first-order chi connectivity index (χ1) is 9.25. The molecule has 5 nitrogen and oxygen atoms in total. The van der Waals surface area contributed by atoms with Crippen molar-refractivity contribution in [2.24, 2.45) is 0 Å². The topological polar surface area (TPSA) is 49.7 Å². The second kappa shape index (κ2) is 5.26. The molecule has 0 spiro atoms. The summed E-state index contributed by atoms with van der Waals surface area (Å²) in [6.07, 6.45) is 4.22. The van der Waals surface area contributed by atoms with Gasteiger partial charge in [-0.2, -0.15) is 0 Å². The molecule has 0 aromatic carbocycles. The molecule has 6 heteroatoms. The third-order valence-corrected chi connectivity index (χ3v) is 4.10. The molecule has 0 N–H and O–H groups in total. The molecule has 0 unspecified atom stereocenters. The van der Waals surface area contributed by atoms with Crippen molar-refractivity contribution in [1.82, 2.24) is 4.57 Å². The lowest BCUT2D eigenvalue weighted by Gasteiger charge is -2.32. The van der Waals surface area contributed by atoms with E-state index in [1.54, 1.807) is 0 Å². The minimum absolute atomic E-state index is 0.212. The highest BCUT2D eigenvalue weighted by atomic mass is 16.7. The van der Waals surface area contributed by atoms with E-state index in [0.29, 0.717) is 13.0 Å². The third-order valence-electron chi connectivity index (χ3n) is 4.10. The average molecular weight is 279 g/mol. The Kier molecular flexibility index (Phi) is 3.98. The summed E-state index contributed by atoms with van der Waals surface area (Å²) in [6, 6.07) is 1.96. The number of aromatic nitrogens is 1. The van der Waals surface area contributed by atoms with Gasteiger partial charge in [0.2, 0.25) is 0 Å². The largest absolute Gasteiger partial charge is 0.496 e. The second-order valence-electron chi connectivity index (χ2n) is 6.10. The number of esters is 1. The van der Waals surface area contributed by atoms with Crippen molar-refractivity contribution < 1.29 is 18.8 Å². The molecule has 0 bridgehead atoms. The monoisotopic (exact) mass is 279 g/mol. The van der Waals surface area contributed by atoms with E-state index in [-0.39, 0.29) is 24.3 Å². The molecule has 1 aliphatic rings. The highest BCUT2D eigenvalue weighted by molar-refractivity contribution is 6.62. The van der Waals surface area contributed by atoms with Crippen LogP contribution < -0.4 is 5.46 Å². The fourth-order valence-corrected chi connectivity index (χ4v) is 2.04. The number of methoxy groups -OCH3 is 1. The van der Waals surface area contributed by atoms with Crippen molar-refractivity contribution in [1.29, 1.82) is 0 Å². The van der Waals surface area contributed by atoms with Crippen molar-refractivity contribution in [2.45, 2.75) is 51.9 Å². The Morgan fingerprint density at radius 1 is 1.30 bits per heavy atom. The van der Waals surface area contributed by atoms with Gasteiger partial charge in [0, 0.05) is 24.4 Å². The van der Waals surface area contributed by atoms with E-state index in [2.05, 4.69) is 4.74 Å². The molecule has 1 aromatic rings. The third kappa shape index (κ3) is 2.91. The number of carbonyl (C=O) groups excluding carboxylic acids is 1. The first-order valence-electron chi connectivity index (χ1n) is 6.83. The molecule has 110 valence electrons. The van der Waals surface area contributed by atoms with Gasteiger partial charge in [0.15, 0.2) is 0 Å². The molecule has 0 amide bonds. The van der Waals surface area contributed by atoms with E-state index >= 15 is 0 Å². The van der Waals surface area contributed by atoms with Gasteiger partial charge in [-0.05, 0) is 33.8 Å². The summed E-state index contributed by atoms with van der Waals surface area (Å²) in [5, 5.41) is 0. The van der Waals surface area contributed by atoms with Crippen LogP contribution in [0.3, 0.4) is 0 Å². The summed E-state index contributed by atoms with van der Waals surface area (Å²) in [7, 11) is 1.03. The smallest absolute Gasteiger partial charge is 0.469 e. The molecule has 1 aromatic heterocycles. The van der Waals surface area contributed by atoms with Crippen LogP contribution in [0.15, 0.2) is 18.5 Å². The maximum Gasteiger partial charge on any atom is 0.496 e. The van der Waals surface area contributed by atoms with Crippen LogP contribution in [0.1, 0.15) is 34.1 Å². The van der Waals surface area contributed by atoms with Crippen LogP contribution in [-0.2, 0) is 25.4 Å². The van der Waals surface area contributed by atoms with E-state index in [1.807, 2.05) is 50.7 Å². The molecule has 1 saturated heterocycles. The van der Waals surface area contributed by atoms with Gasteiger partial charge in [-0.1, -0.05) is 0 Å². The summed E-state index contributed by atoms with van der Waals surface area (Å²) in [4.78, 5) is 11.1. The number of hydrogen-bond acceptors (Lipinski definition) is 4. The predicted molar refractivity (Wildman–Crippen MR) is 76.8 cm³/mol. The van der Waals surface area contributed by atoms with Crippen molar-refractivity contribution in [2.75, 3.05) is 7.11 Å². The zero-order valence-electron chi connectivity index (χ0n) is 12.8. The van der Waals surface area contributed by atoms with E-state index in [9.17, 15) is 4.79 Å². The number of aryl methyl sites for hydroxylation is 1. The average Bonchev–Trinajstić information content (AvgIpc) is 2.90. The number of carbonyl (C=O) groups is 1. The van der Waals surface area contributed by atoms with Crippen molar-refractivity contribution in [3.8, 4) is 0 Å². The lowest BCUT2D eigenvalue weighted by molar-refractivity contribution is -0.140. The van der Waals surface area contributed by atoms with E-state index in [1.165, 1.54) is 7.11 Å². The molecular formula is C14H22BNO4. The van der Waals surface area contributed by atoms with Crippen LogP contribution in [0.5, 0.6) is 0 Å². The molecule has 2 rings (SSSR count). The fraction of sp³-hybridized carbons (Fsp3) is 0.643. The number of rotatable bonds is 4. The second-order valence-corrected chi connectivity index (χ2v) is 6.10. The lowest BCUT2D eigenvalue weighted by Crippen LogP contribution is -2.41. The van der Waals surface area contributed by atoms with Crippen molar-refractivity contribution in [3.05, 3.63) is 18.5 Å². The summed E-state index contributed by atoms with van der Waals surface area (Å²) in [5.74, 6) is -0.212. The van der Waals surface area contributed by atoms with Crippen LogP contribution in [0.25, 0.3) is 0 Å². The quantitative estimate of drug-likeness (QED) is 0.616. The lowest BCUT2D eigenvalue weighted by atomic mass is 9.81. The SMILES string of the molecule is COC(=O)CCn1ccc(B2OC(C)(C)C(C)(C)O2)c1. The van der Waals surface area contributed by atoms with E-state index < -0.39 is 0 Å². The van der Waals surface area contributed by atoms with E-state index in [4.69, 9.17) is 9.31 Å². The number of hydrogen-bond donors (Lipinski definition) is 0.